The number of amides is 1. The van der Waals surface area contributed by atoms with E-state index in [1.807, 2.05) is 18.2 Å². The number of benzene rings is 1. The monoisotopic (exact) mass is 221 g/mol. The first-order chi connectivity index (χ1) is 7.83. The Hall–Kier alpha value is -1.75. The largest absolute Gasteiger partial charge is 0.454 e. The molecule has 0 saturated carbocycles. The summed E-state index contributed by atoms with van der Waals surface area (Å²) in [5.74, 6) is 1.42. The van der Waals surface area contributed by atoms with Gasteiger partial charge in [0.1, 0.15) is 12.7 Å². The van der Waals surface area contributed by atoms with Gasteiger partial charge in [0.15, 0.2) is 11.5 Å². The first-order valence-corrected chi connectivity index (χ1v) is 5.11. The van der Waals surface area contributed by atoms with Crippen molar-refractivity contribution in [1.82, 2.24) is 5.32 Å². The zero-order valence-corrected chi connectivity index (χ0v) is 8.56. The maximum atomic E-state index is 10.9. The molecule has 2 aliphatic rings. The average molecular weight is 221 g/mol. The van der Waals surface area contributed by atoms with E-state index >= 15 is 0 Å². The highest BCUT2D eigenvalue weighted by molar-refractivity contribution is 5.77. The minimum atomic E-state index is -0.104. The Bertz CT molecular complexity index is 422. The molecule has 5 nitrogen and oxygen atoms in total. The minimum Gasteiger partial charge on any atom is -0.454 e. The third-order valence-corrected chi connectivity index (χ3v) is 2.67. The van der Waals surface area contributed by atoms with Crippen molar-refractivity contribution >= 4 is 5.91 Å². The Morgan fingerprint density at radius 1 is 1.25 bits per heavy atom. The lowest BCUT2D eigenvalue weighted by molar-refractivity contribution is -0.133. The van der Waals surface area contributed by atoms with Crippen LogP contribution in [0.2, 0.25) is 0 Å². The summed E-state index contributed by atoms with van der Waals surface area (Å²) < 4.78 is 15.9. The Morgan fingerprint density at radius 2 is 2.12 bits per heavy atom. The Kier molecular flexibility index (Phi) is 2.18. The van der Waals surface area contributed by atoms with E-state index in [2.05, 4.69) is 5.32 Å². The van der Waals surface area contributed by atoms with Crippen LogP contribution in [0.25, 0.3) is 0 Å². The molecule has 0 aromatic heterocycles. The maximum Gasteiger partial charge on any atom is 0.246 e. The highest BCUT2D eigenvalue weighted by Crippen LogP contribution is 2.35. The van der Waals surface area contributed by atoms with E-state index in [0.29, 0.717) is 6.54 Å². The molecule has 1 fully saturated rings. The van der Waals surface area contributed by atoms with Gasteiger partial charge in [-0.15, -0.1) is 0 Å². The molecule has 5 heteroatoms. The van der Waals surface area contributed by atoms with Crippen LogP contribution in [0.4, 0.5) is 0 Å². The van der Waals surface area contributed by atoms with Gasteiger partial charge in [0.05, 0.1) is 0 Å². The standard InChI is InChI=1S/C11H11NO4/c13-11-5-14-10(4-12-11)7-1-2-8-9(3-7)16-6-15-8/h1-3,10H,4-6H2,(H,12,13). The number of rotatable bonds is 1. The van der Waals surface area contributed by atoms with Crippen LogP contribution in [0.5, 0.6) is 11.5 Å². The SMILES string of the molecule is O=C1COC(c2ccc3c(c2)OCO3)CN1. The fraction of sp³-hybridized carbons (Fsp3) is 0.364. The molecule has 1 amide bonds. The Morgan fingerprint density at radius 3 is 2.94 bits per heavy atom. The number of fused-ring (bicyclic) bond motifs is 1. The van der Waals surface area contributed by atoms with Crippen molar-refractivity contribution in [1.29, 1.82) is 0 Å². The molecule has 1 N–H and O–H groups in total. The van der Waals surface area contributed by atoms with Gasteiger partial charge in [-0.2, -0.15) is 0 Å². The summed E-state index contributed by atoms with van der Waals surface area (Å²) in [5.41, 5.74) is 0.990. The van der Waals surface area contributed by atoms with Gasteiger partial charge in [0.25, 0.3) is 0 Å². The topological polar surface area (TPSA) is 56.8 Å². The number of hydrogen-bond donors (Lipinski definition) is 1. The summed E-state index contributed by atoms with van der Waals surface area (Å²) in [7, 11) is 0. The Balaban J connectivity index is 1.82. The van der Waals surface area contributed by atoms with Crippen molar-refractivity contribution < 1.29 is 19.0 Å². The molecule has 1 aromatic carbocycles. The first-order valence-electron chi connectivity index (χ1n) is 5.11. The number of nitrogens with one attached hydrogen (secondary N) is 1. The second-order valence-corrected chi connectivity index (χ2v) is 3.72. The molecule has 0 aliphatic carbocycles. The number of morpholine rings is 1. The molecule has 1 aromatic rings. The molecular weight excluding hydrogens is 210 g/mol. The van der Waals surface area contributed by atoms with Crippen LogP contribution in [-0.2, 0) is 9.53 Å². The molecule has 2 heterocycles. The van der Waals surface area contributed by atoms with Crippen LogP contribution in [-0.4, -0.2) is 25.9 Å². The fourth-order valence-electron chi connectivity index (χ4n) is 1.82. The van der Waals surface area contributed by atoms with Gasteiger partial charge < -0.3 is 19.5 Å². The number of hydrogen-bond acceptors (Lipinski definition) is 4. The van der Waals surface area contributed by atoms with Crippen molar-refractivity contribution in [3.63, 3.8) is 0 Å². The van der Waals surface area contributed by atoms with E-state index in [4.69, 9.17) is 14.2 Å². The summed E-state index contributed by atoms with van der Waals surface area (Å²) in [4.78, 5) is 10.9. The van der Waals surface area contributed by atoms with Crippen molar-refractivity contribution in [2.45, 2.75) is 6.10 Å². The third kappa shape index (κ3) is 1.59. The molecule has 1 atom stereocenters. The lowest BCUT2D eigenvalue weighted by Crippen LogP contribution is -2.38. The van der Waals surface area contributed by atoms with Gasteiger partial charge in [-0.1, -0.05) is 6.07 Å². The van der Waals surface area contributed by atoms with E-state index in [0.717, 1.165) is 17.1 Å². The molecule has 2 aliphatic heterocycles. The lowest BCUT2D eigenvalue weighted by Gasteiger charge is -2.23. The number of carbonyl (C=O) groups excluding carboxylic acids is 1. The highest BCUT2D eigenvalue weighted by Gasteiger charge is 2.22. The van der Waals surface area contributed by atoms with Gasteiger partial charge in [-0.3, -0.25) is 4.79 Å². The van der Waals surface area contributed by atoms with Gasteiger partial charge >= 0.3 is 0 Å². The van der Waals surface area contributed by atoms with E-state index in [-0.39, 0.29) is 25.4 Å². The highest BCUT2D eigenvalue weighted by atomic mass is 16.7. The minimum absolute atomic E-state index is 0.0722. The predicted molar refractivity (Wildman–Crippen MR) is 54.3 cm³/mol. The van der Waals surface area contributed by atoms with Crippen LogP contribution in [0, 0.1) is 0 Å². The summed E-state index contributed by atoms with van der Waals surface area (Å²) in [6.45, 7) is 0.874. The number of carbonyl (C=O) groups is 1. The second kappa shape index (κ2) is 3.68. The predicted octanol–water partition coefficient (Wildman–Crippen LogP) is 0.603. The van der Waals surface area contributed by atoms with Crippen molar-refractivity contribution in [2.75, 3.05) is 19.9 Å². The molecular formula is C11H11NO4. The number of ether oxygens (including phenoxy) is 3. The molecule has 0 spiro atoms. The molecule has 16 heavy (non-hydrogen) atoms. The average Bonchev–Trinajstić information content (AvgIpc) is 2.77. The van der Waals surface area contributed by atoms with Gasteiger partial charge in [-0.05, 0) is 17.7 Å². The Labute approximate surface area is 92.3 Å². The molecule has 3 rings (SSSR count). The van der Waals surface area contributed by atoms with Gasteiger partial charge in [0, 0.05) is 6.54 Å². The first kappa shape index (κ1) is 9.47. The second-order valence-electron chi connectivity index (χ2n) is 3.72. The molecule has 84 valence electrons. The van der Waals surface area contributed by atoms with Crippen LogP contribution in [0.1, 0.15) is 11.7 Å². The van der Waals surface area contributed by atoms with Crippen LogP contribution >= 0.6 is 0 Å². The zero-order chi connectivity index (χ0) is 11.0. The van der Waals surface area contributed by atoms with Crippen molar-refractivity contribution in [3.8, 4) is 11.5 Å². The quantitative estimate of drug-likeness (QED) is 0.754. The maximum absolute atomic E-state index is 10.9. The molecule has 0 bridgehead atoms. The summed E-state index contributed by atoms with van der Waals surface area (Å²) in [6.07, 6.45) is -0.104. The summed E-state index contributed by atoms with van der Waals surface area (Å²) in [5, 5.41) is 2.76. The van der Waals surface area contributed by atoms with Gasteiger partial charge in [0.2, 0.25) is 12.7 Å². The van der Waals surface area contributed by atoms with E-state index in [9.17, 15) is 4.79 Å². The van der Waals surface area contributed by atoms with Crippen molar-refractivity contribution in [3.05, 3.63) is 23.8 Å². The fourth-order valence-corrected chi connectivity index (χ4v) is 1.82. The third-order valence-electron chi connectivity index (χ3n) is 2.67. The smallest absolute Gasteiger partial charge is 0.246 e. The zero-order valence-electron chi connectivity index (χ0n) is 8.56. The molecule has 0 radical (unpaired) electrons. The lowest BCUT2D eigenvalue weighted by atomic mass is 10.1. The van der Waals surface area contributed by atoms with Crippen LogP contribution in [0.15, 0.2) is 18.2 Å². The summed E-state index contributed by atoms with van der Waals surface area (Å²) >= 11 is 0. The van der Waals surface area contributed by atoms with E-state index in [1.165, 1.54) is 0 Å². The van der Waals surface area contributed by atoms with E-state index in [1.54, 1.807) is 0 Å². The van der Waals surface area contributed by atoms with Crippen LogP contribution < -0.4 is 14.8 Å². The van der Waals surface area contributed by atoms with Crippen molar-refractivity contribution in [2.24, 2.45) is 0 Å². The summed E-state index contributed by atoms with van der Waals surface area (Å²) in [6, 6.07) is 5.68. The molecule has 1 unspecified atom stereocenters. The van der Waals surface area contributed by atoms with E-state index < -0.39 is 0 Å². The van der Waals surface area contributed by atoms with Gasteiger partial charge in [-0.25, -0.2) is 0 Å². The molecule has 1 saturated heterocycles. The van der Waals surface area contributed by atoms with Crippen LogP contribution in [0.3, 0.4) is 0 Å². The normalized spacial score (nSPS) is 23.0.